The van der Waals surface area contributed by atoms with E-state index in [9.17, 15) is 0 Å². The number of aromatic nitrogens is 1. The van der Waals surface area contributed by atoms with E-state index < -0.39 is 0 Å². The molecule has 0 saturated carbocycles. The van der Waals surface area contributed by atoms with Gasteiger partial charge in [0.05, 0.1) is 6.61 Å². The number of rotatable bonds is 4. The number of nitrogens with zero attached hydrogens (tertiary/aromatic N) is 1. The first-order valence-electron chi connectivity index (χ1n) is 3.76. The molecule has 1 rings (SSSR count). The number of hydrogen-bond donors (Lipinski definition) is 2. The number of nitrogens with one attached hydrogen (secondary N) is 1. The highest BCUT2D eigenvalue weighted by molar-refractivity contribution is 5.05. The van der Waals surface area contributed by atoms with Gasteiger partial charge in [-0.05, 0) is 12.1 Å². The Bertz CT molecular complexity index is 208. The molecule has 11 heavy (non-hydrogen) atoms. The zero-order valence-corrected chi connectivity index (χ0v) is 6.75. The molecule has 3 nitrogen and oxygen atoms in total. The van der Waals surface area contributed by atoms with Gasteiger partial charge in [-0.25, -0.2) is 0 Å². The standard InChI is InChI=1S/C8H14N2O/c1-10-5-2-3-8(10)7-9-4-6-11/h2-3,5,9,11H,4,6-7H2,1H3. The average Bonchev–Trinajstić information content (AvgIpc) is 2.37. The molecule has 0 aromatic carbocycles. The van der Waals surface area contributed by atoms with Crippen LogP contribution in [-0.2, 0) is 13.6 Å². The van der Waals surface area contributed by atoms with Crippen molar-refractivity contribution in [2.75, 3.05) is 13.2 Å². The SMILES string of the molecule is Cn1cccc1CNCCO. The van der Waals surface area contributed by atoms with Crippen molar-refractivity contribution in [2.24, 2.45) is 7.05 Å². The quantitative estimate of drug-likeness (QED) is 0.604. The Balaban J connectivity index is 2.32. The molecule has 0 atom stereocenters. The summed E-state index contributed by atoms with van der Waals surface area (Å²) in [4.78, 5) is 0. The van der Waals surface area contributed by atoms with E-state index in [1.807, 2.05) is 19.3 Å². The largest absolute Gasteiger partial charge is 0.395 e. The van der Waals surface area contributed by atoms with Crippen molar-refractivity contribution in [1.29, 1.82) is 0 Å². The lowest BCUT2D eigenvalue weighted by Gasteiger charge is -2.03. The molecule has 1 aromatic rings. The zero-order chi connectivity index (χ0) is 8.10. The van der Waals surface area contributed by atoms with Crippen LogP contribution in [0.5, 0.6) is 0 Å². The van der Waals surface area contributed by atoms with Crippen LogP contribution in [-0.4, -0.2) is 22.8 Å². The maximum atomic E-state index is 8.49. The lowest BCUT2D eigenvalue weighted by Crippen LogP contribution is -2.18. The molecule has 0 saturated heterocycles. The highest BCUT2D eigenvalue weighted by Crippen LogP contribution is 1.97. The average molecular weight is 154 g/mol. The fraction of sp³-hybridized carbons (Fsp3) is 0.500. The Kier molecular flexibility index (Phi) is 3.14. The van der Waals surface area contributed by atoms with Crippen molar-refractivity contribution in [3.8, 4) is 0 Å². The second kappa shape index (κ2) is 4.16. The summed E-state index contributed by atoms with van der Waals surface area (Å²) in [6.07, 6.45) is 2.01. The van der Waals surface area contributed by atoms with E-state index in [4.69, 9.17) is 5.11 Å². The topological polar surface area (TPSA) is 37.2 Å². The summed E-state index contributed by atoms with van der Waals surface area (Å²) in [5.41, 5.74) is 1.23. The van der Waals surface area contributed by atoms with Gasteiger partial charge >= 0.3 is 0 Å². The summed E-state index contributed by atoms with van der Waals surface area (Å²) < 4.78 is 2.06. The molecule has 0 spiro atoms. The van der Waals surface area contributed by atoms with Crippen molar-refractivity contribution < 1.29 is 5.11 Å². The summed E-state index contributed by atoms with van der Waals surface area (Å²) in [6.45, 7) is 1.68. The zero-order valence-electron chi connectivity index (χ0n) is 6.75. The first-order chi connectivity index (χ1) is 5.34. The first kappa shape index (κ1) is 8.30. The van der Waals surface area contributed by atoms with Gasteiger partial charge in [-0.3, -0.25) is 0 Å². The molecule has 3 heteroatoms. The van der Waals surface area contributed by atoms with Crippen molar-refractivity contribution in [1.82, 2.24) is 9.88 Å². The summed E-state index contributed by atoms with van der Waals surface area (Å²) in [6, 6.07) is 4.07. The van der Waals surface area contributed by atoms with Gasteiger partial charge in [-0.1, -0.05) is 0 Å². The van der Waals surface area contributed by atoms with Gasteiger partial charge in [0, 0.05) is 32.0 Å². The normalized spacial score (nSPS) is 10.4. The van der Waals surface area contributed by atoms with Crippen molar-refractivity contribution >= 4 is 0 Å². The molecular weight excluding hydrogens is 140 g/mol. The molecule has 0 radical (unpaired) electrons. The first-order valence-corrected chi connectivity index (χ1v) is 3.76. The van der Waals surface area contributed by atoms with Crippen LogP contribution in [0.25, 0.3) is 0 Å². The van der Waals surface area contributed by atoms with Gasteiger partial charge in [0.25, 0.3) is 0 Å². The van der Waals surface area contributed by atoms with E-state index in [0.717, 1.165) is 6.54 Å². The van der Waals surface area contributed by atoms with Crippen molar-refractivity contribution in [3.05, 3.63) is 24.0 Å². The molecule has 0 aliphatic rings. The fourth-order valence-electron chi connectivity index (χ4n) is 0.976. The van der Waals surface area contributed by atoms with E-state index in [1.165, 1.54) is 5.69 Å². The van der Waals surface area contributed by atoms with E-state index in [0.29, 0.717) is 6.54 Å². The van der Waals surface area contributed by atoms with Gasteiger partial charge in [-0.15, -0.1) is 0 Å². The molecule has 1 heterocycles. The molecule has 2 N–H and O–H groups in total. The molecule has 1 aromatic heterocycles. The van der Waals surface area contributed by atoms with Crippen molar-refractivity contribution in [2.45, 2.75) is 6.54 Å². The van der Waals surface area contributed by atoms with Crippen LogP contribution in [0.4, 0.5) is 0 Å². The molecule has 0 bridgehead atoms. The predicted octanol–water partition coefficient (Wildman–Crippen LogP) is 0.107. The second-order valence-corrected chi connectivity index (χ2v) is 2.51. The molecule has 0 fully saturated rings. The van der Waals surface area contributed by atoms with Gasteiger partial charge < -0.3 is 15.0 Å². The number of aliphatic hydroxyl groups is 1. The monoisotopic (exact) mass is 154 g/mol. The Morgan fingerprint density at radius 3 is 3.00 bits per heavy atom. The summed E-state index contributed by atoms with van der Waals surface area (Å²) in [5.74, 6) is 0. The number of aliphatic hydroxyl groups excluding tert-OH is 1. The maximum Gasteiger partial charge on any atom is 0.0556 e. The van der Waals surface area contributed by atoms with Gasteiger partial charge in [0.2, 0.25) is 0 Å². The van der Waals surface area contributed by atoms with Crippen LogP contribution in [0.2, 0.25) is 0 Å². The molecule has 0 unspecified atom stereocenters. The highest BCUT2D eigenvalue weighted by atomic mass is 16.3. The Morgan fingerprint density at radius 1 is 1.64 bits per heavy atom. The van der Waals surface area contributed by atoms with E-state index in [1.54, 1.807) is 0 Å². The van der Waals surface area contributed by atoms with Gasteiger partial charge in [0.1, 0.15) is 0 Å². The Hall–Kier alpha value is -0.800. The summed E-state index contributed by atoms with van der Waals surface area (Å²) in [5, 5.41) is 11.6. The molecule has 62 valence electrons. The second-order valence-electron chi connectivity index (χ2n) is 2.51. The van der Waals surface area contributed by atoms with Crippen LogP contribution in [0, 0.1) is 0 Å². The third-order valence-corrected chi connectivity index (χ3v) is 1.65. The predicted molar refractivity (Wildman–Crippen MR) is 44.2 cm³/mol. The smallest absolute Gasteiger partial charge is 0.0556 e. The summed E-state index contributed by atoms with van der Waals surface area (Å²) >= 11 is 0. The minimum absolute atomic E-state index is 0.199. The van der Waals surface area contributed by atoms with Crippen LogP contribution >= 0.6 is 0 Å². The van der Waals surface area contributed by atoms with Gasteiger partial charge in [0.15, 0.2) is 0 Å². The number of aryl methyl sites for hydroxylation is 1. The Labute approximate surface area is 66.7 Å². The third-order valence-electron chi connectivity index (χ3n) is 1.65. The molecular formula is C8H14N2O. The molecule has 0 amide bonds. The van der Waals surface area contributed by atoms with Gasteiger partial charge in [-0.2, -0.15) is 0 Å². The van der Waals surface area contributed by atoms with Crippen LogP contribution in [0.3, 0.4) is 0 Å². The highest BCUT2D eigenvalue weighted by Gasteiger charge is 1.93. The van der Waals surface area contributed by atoms with E-state index in [2.05, 4.69) is 16.0 Å². The molecule has 0 aliphatic heterocycles. The Morgan fingerprint density at radius 2 is 2.45 bits per heavy atom. The third kappa shape index (κ3) is 2.37. The minimum atomic E-state index is 0.199. The summed E-state index contributed by atoms with van der Waals surface area (Å²) in [7, 11) is 2.01. The molecule has 0 aliphatic carbocycles. The van der Waals surface area contributed by atoms with Crippen LogP contribution in [0.1, 0.15) is 5.69 Å². The van der Waals surface area contributed by atoms with E-state index >= 15 is 0 Å². The lowest BCUT2D eigenvalue weighted by atomic mass is 10.4. The van der Waals surface area contributed by atoms with Crippen LogP contribution in [0.15, 0.2) is 18.3 Å². The maximum absolute atomic E-state index is 8.49. The lowest BCUT2D eigenvalue weighted by molar-refractivity contribution is 0.291. The van der Waals surface area contributed by atoms with E-state index in [-0.39, 0.29) is 6.61 Å². The minimum Gasteiger partial charge on any atom is -0.395 e. The fourth-order valence-corrected chi connectivity index (χ4v) is 0.976. The van der Waals surface area contributed by atoms with Crippen LogP contribution < -0.4 is 5.32 Å². The number of hydrogen-bond acceptors (Lipinski definition) is 2. The van der Waals surface area contributed by atoms with Crippen molar-refractivity contribution in [3.63, 3.8) is 0 Å².